The van der Waals surface area contributed by atoms with Crippen LogP contribution in [0.4, 0.5) is 5.69 Å². The third-order valence-electron chi connectivity index (χ3n) is 4.25. The quantitative estimate of drug-likeness (QED) is 0.782. The van der Waals surface area contributed by atoms with Crippen LogP contribution in [-0.2, 0) is 14.8 Å². The van der Waals surface area contributed by atoms with Gasteiger partial charge in [0.05, 0.1) is 24.0 Å². The van der Waals surface area contributed by atoms with E-state index in [1.165, 1.54) is 4.31 Å². The van der Waals surface area contributed by atoms with Gasteiger partial charge in [0.15, 0.2) is 0 Å². The average Bonchev–Trinajstić information content (AvgIpc) is 2.58. The summed E-state index contributed by atoms with van der Waals surface area (Å²) in [6, 6.07) is 9.13. The van der Waals surface area contributed by atoms with Crippen LogP contribution in [0.15, 0.2) is 36.5 Å². The molecule has 6 nitrogen and oxygen atoms in total. The Morgan fingerprint density at radius 1 is 1.20 bits per heavy atom. The summed E-state index contributed by atoms with van der Waals surface area (Å²) in [5.41, 5.74) is 1.15. The van der Waals surface area contributed by atoms with Gasteiger partial charge >= 0.3 is 0 Å². The number of para-hydroxylation sites is 1. The van der Waals surface area contributed by atoms with Crippen molar-refractivity contribution in [3.05, 3.63) is 36.5 Å². The largest absolute Gasteiger partial charge is 0.354 e. The molecule has 1 heterocycles. The number of amides is 1. The van der Waals surface area contributed by atoms with Crippen LogP contribution in [0.3, 0.4) is 0 Å². The molecule has 2 rings (SSSR count). The first-order valence-corrected chi connectivity index (χ1v) is 10.3. The van der Waals surface area contributed by atoms with Crippen LogP contribution in [0.25, 0.3) is 10.9 Å². The molecule has 0 atom stereocenters. The second-order valence-corrected chi connectivity index (χ2v) is 7.90. The lowest BCUT2D eigenvalue weighted by Crippen LogP contribution is -2.40. The van der Waals surface area contributed by atoms with Crippen LogP contribution in [0.1, 0.15) is 26.7 Å². The highest BCUT2D eigenvalue weighted by Gasteiger charge is 2.21. The Labute approximate surface area is 149 Å². The van der Waals surface area contributed by atoms with Crippen LogP contribution >= 0.6 is 0 Å². The van der Waals surface area contributed by atoms with Crippen LogP contribution in [0.5, 0.6) is 0 Å². The minimum Gasteiger partial charge on any atom is -0.354 e. The van der Waals surface area contributed by atoms with Crippen molar-refractivity contribution in [1.82, 2.24) is 10.3 Å². The Morgan fingerprint density at radius 3 is 2.52 bits per heavy atom. The van der Waals surface area contributed by atoms with E-state index in [2.05, 4.69) is 10.3 Å². The van der Waals surface area contributed by atoms with Crippen molar-refractivity contribution in [3.8, 4) is 0 Å². The topological polar surface area (TPSA) is 79.4 Å². The highest BCUT2D eigenvalue weighted by molar-refractivity contribution is 7.92. The zero-order valence-corrected chi connectivity index (χ0v) is 15.7. The summed E-state index contributed by atoms with van der Waals surface area (Å²) in [6.45, 7) is 4.36. The standard InChI is InChI=1S/C18H25N3O3S/c1-4-14(5-2)18(22)20-12-13-21(25(3,23)24)16-10-6-8-15-9-7-11-19-17(15)16/h6-11,14H,4-5,12-13H2,1-3H3,(H,20,22). The van der Waals surface area contributed by atoms with E-state index < -0.39 is 10.0 Å². The van der Waals surface area contributed by atoms with Gasteiger partial charge in [-0.1, -0.05) is 32.0 Å². The summed E-state index contributed by atoms with van der Waals surface area (Å²) in [7, 11) is -3.50. The van der Waals surface area contributed by atoms with Gasteiger partial charge in [-0.05, 0) is 25.0 Å². The molecule has 1 aromatic heterocycles. The van der Waals surface area contributed by atoms with Crippen molar-refractivity contribution in [2.75, 3.05) is 23.7 Å². The molecule has 1 N–H and O–H groups in total. The monoisotopic (exact) mass is 363 g/mol. The maximum atomic E-state index is 12.3. The summed E-state index contributed by atoms with van der Waals surface area (Å²) in [6.07, 6.45) is 4.34. The number of carbonyl (C=O) groups excluding carboxylic acids is 1. The zero-order valence-electron chi connectivity index (χ0n) is 14.9. The fourth-order valence-corrected chi connectivity index (χ4v) is 3.77. The second kappa shape index (κ2) is 8.29. The van der Waals surface area contributed by atoms with Crippen molar-refractivity contribution < 1.29 is 13.2 Å². The normalized spacial score (nSPS) is 11.7. The molecule has 0 spiro atoms. The molecule has 0 saturated carbocycles. The van der Waals surface area contributed by atoms with E-state index in [4.69, 9.17) is 0 Å². The third kappa shape index (κ3) is 4.69. The summed E-state index contributed by atoms with van der Waals surface area (Å²) in [5.74, 6) is -0.0691. The number of anilines is 1. The lowest BCUT2D eigenvalue weighted by molar-refractivity contribution is -0.125. The van der Waals surface area contributed by atoms with Crippen LogP contribution in [0, 0.1) is 5.92 Å². The average molecular weight is 363 g/mol. The summed E-state index contributed by atoms with van der Waals surface area (Å²) in [4.78, 5) is 16.4. The highest BCUT2D eigenvalue weighted by atomic mass is 32.2. The number of hydrogen-bond donors (Lipinski definition) is 1. The van der Waals surface area contributed by atoms with Crippen LogP contribution < -0.4 is 9.62 Å². The molecule has 0 aliphatic heterocycles. The number of pyridine rings is 1. The summed E-state index contributed by atoms with van der Waals surface area (Å²) < 4.78 is 25.9. The van der Waals surface area contributed by atoms with Gasteiger partial charge in [0.1, 0.15) is 0 Å². The predicted molar refractivity (Wildman–Crippen MR) is 101 cm³/mol. The van der Waals surface area contributed by atoms with Gasteiger partial charge in [0, 0.05) is 24.0 Å². The van der Waals surface area contributed by atoms with Gasteiger partial charge in [0.2, 0.25) is 15.9 Å². The molecule has 0 aliphatic rings. The SMILES string of the molecule is CCC(CC)C(=O)NCCN(c1cccc2cccnc12)S(C)(=O)=O. The van der Waals surface area contributed by atoms with Crippen molar-refractivity contribution in [3.63, 3.8) is 0 Å². The van der Waals surface area contributed by atoms with E-state index in [-0.39, 0.29) is 24.9 Å². The molecule has 0 bridgehead atoms. The molecule has 1 aromatic carbocycles. The fourth-order valence-electron chi connectivity index (χ4n) is 2.84. The molecule has 0 radical (unpaired) electrons. The van der Waals surface area contributed by atoms with E-state index in [1.54, 1.807) is 18.3 Å². The number of rotatable bonds is 8. The Kier molecular flexibility index (Phi) is 6.36. The molecule has 0 unspecified atom stereocenters. The lowest BCUT2D eigenvalue weighted by atomic mass is 10.0. The molecular formula is C18H25N3O3S. The number of benzene rings is 1. The fraction of sp³-hybridized carbons (Fsp3) is 0.444. The van der Waals surface area contributed by atoms with E-state index in [0.717, 1.165) is 24.5 Å². The van der Waals surface area contributed by atoms with Crippen molar-refractivity contribution in [2.45, 2.75) is 26.7 Å². The maximum Gasteiger partial charge on any atom is 0.232 e. The van der Waals surface area contributed by atoms with Crippen molar-refractivity contribution in [1.29, 1.82) is 0 Å². The maximum absolute atomic E-state index is 12.3. The first-order valence-electron chi connectivity index (χ1n) is 8.47. The van der Waals surface area contributed by atoms with Crippen molar-refractivity contribution >= 4 is 32.5 Å². The van der Waals surface area contributed by atoms with Crippen molar-refractivity contribution in [2.24, 2.45) is 5.92 Å². The highest BCUT2D eigenvalue weighted by Crippen LogP contribution is 2.26. The van der Waals surface area contributed by atoms with Crippen LogP contribution in [-0.4, -0.2) is 38.7 Å². The van der Waals surface area contributed by atoms with E-state index in [9.17, 15) is 13.2 Å². The van der Waals surface area contributed by atoms with Gasteiger partial charge in [-0.25, -0.2) is 8.42 Å². The number of nitrogens with zero attached hydrogens (tertiary/aromatic N) is 2. The molecule has 25 heavy (non-hydrogen) atoms. The van der Waals surface area contributed by atoms with Gasteiger partial charge in [-0.2, -0.15) is 0 Å². The third-order valence-corrected chi connectivity index (χ3v) is 5.43. The zero-order chi connectivity index (χ0) is 18.4. The van der Waals surface area contributed by atoms with Crippen LogP contribution in [0.2, 0.25) is 0 Å². The Morgan fingerprint density at radius 2 is 1.88 bits per heavy atom. The van der Waals surface area contributed by atoms with Gasteiger partial charge in [-0.3, -0.25) is 14.1 Å². The smallest absolute Gasteiger partial charge is 0.232 e. The molecular weight excluding hydrogens is 338 g/mol. The first kappa shape index (κ1) is 19.2. The van der Waals surface area contributed by atoms with Gasteiger partial charge in [-0.15, -0.1) is 0 Å². The Hall–Kier alpha value is -2.15. The van der Waals surface area contributed by atoms with E-state index in [0.29, 0.717) is 11.2 Å². The Balaban J connectivity index is 2.22. The lowest BCUT2D eigenvalue weighted by Gasteiger charge is -2.24. The summed E-state index contributed by atoms with van der Waals surface area (Å²) >= 11 is 0. The second-order valence-electron chi connectivity index (χ2n) is 5.99. The number of sulfonamides is 1. The molecule has 2 aromatic rings. The van der Waals surface area contributed by atoms with Gasteiger partial charge in [0.25, 0.3) is 0 Å². The summed E-state index contributed by atoms with van der Waals surface area (Å²) in [5, 5.41) is 3.71. The molecule has 0 aliphatic carbocycles. The van der Waals surface area contributed by atoms with E-state index in [1.807, 2.05) is 32.0 Å². The Bertz CT molecular complexity index is 827. The number of nitrogens with one attached hydrogen (secondary N) is 1. The number of hydrogen-bond acceptors (Lipinski definition) is 4. The molecule has 7 heteroatoms. The van der Waals surface area contributed by atoms with E-state index >= 15 is 0 Å². The number of carbonyl (C=O) groups is 1. The molecule has 0 fully saturated rings. The first-order chi connectivity index (χ1) is 11.9. The number of aromatic nitrogens is 1. The number of fused-ring (bicyclic) bond motifs is 1. The predicted octanol–water partition coefficient (Wildman–Crippen LogP) is 2.55. The molecule has 0 saturated heterocycles. The minimum atomic E-state index is -3.50. The minimum absolute atomic E-state index is 0.0329. The molecule has 1 amide bonds. The van der Waals surface area contributed by atoms with Gasteiger partial charge < -0.3 is 5.32 Å². The molecule has 136 valence electrons.